The van der Waals surface area contributed by atoms with Crippen LogP contribution < -0.4 is 21.4 Å². The molecule has 0 aromatic carbocycles. The maximum absolute atomic E-state index is 13.0. The van der Waals surface area contributed by atoms with Crippen molar-refractivity contribution >= 4 is 17.8 Å². The zero-order valence-electron chi connectivity index (χ0n) is 31.3. The van der Waals surface area contributed by atoms with Crippen LogP contribution in [0.4, 0.5) is 0 Å². The largest absolute Gasteiger partial charge is 0.354 e. The quantitative estimate of drug-likeness (QED) is 0.0146. The zero-order valence-corrected chi connectivity index (χ0v) is 31.3. The minimum Gasteiger partial charge on any atom is -0.354 e. The Morgan fingerprint density at radius 3 is 1.35 bits per heavy atom. The fourth-order valence-corrected chi connectivity index (χ4v) is 6.14. The molecule has 0 aliphatic rings. The van der Waals surface area contributed by atoms with Crippen molar-refractivity contribution in [3.63, 3.8) is 0 Å². The lowest BCUT2D eigenvalue weighted by molar-refractivity contribution is -0.525. The molecule has 0 saturated heterocycles. The molecule has 0 aromatic rings. The van der Waals surface area contributed by atoms with Gasteiger partial charge in [0.05, 0.1) is 0 Å². The van der Waals surface area contributed by atoms with Crippen molar-refractivity contribution in [2.24, 2.45) is 0 Å². The van der Waals surface area contributed by atoms with Crippen LogP contribution in [0, 0.1) is 15.5 Å². The molecule has 0 bridgehead atoms. The third-order valence-electron chi connectivity index (χ3n) is 9.16. The van der Waals surface area contributed by atoms with Gasteiger partial charge in [0.1, 0.15) is 6.04 Å². The number of hydrazine groups is 1. The third kappa shape index (κ3) is 33.5. The van der Waals surface area contributed by atoms with Gasteiger partial charge in [-0.25, -0.2) is 10.1 Å². The lowest BCUT2D eigenvalue weighted by atomic mass is 10.0. The molecule has 5 N–H and O–H groups in total. The first-order valence-corrected chi connectivity index (χ1v) is 20.2. The highest BCUT2D eigenvalue weighted by Crippen LogP contribution is 2.15. The number of hydrogen-bond donors (Lipinski definition) is 5. The second kappa shape index (κ2) is 35.9. The molecule has 282 valence electrons. The SMILES string of the molecule is CCCCCCCCCCCCCCCCCCCC(=O)NC(CCCNC(=N)N[N+](=O)[O-])C(=O)NCCCCCCCCCCCC. The van der Waals surface area contributed by atoms with Crippen LogP contribution >= 0.6 is 0 Å². The fourth-order valence-electron chi connectivity index (χ4n) is 6.14. The molecule has 2 amide bonds. The van der Waals surface area contributed by atoms with Gasteiger partial charge in [-0.05, 0) is 25.7 Å². The van der Waals surface area contributed by atoms with Crippen LogP contribution in [0.15, 0.2) is 0 Å². The first-order chi connectivity index (χ1) is 23.4. The second-order valence-electron chi connectivity index (χ2n) is 13.8. The summed E-state index contributed by atoms with van der Waals surface area (Å²) in [7, 11) is 0. The number of amides is 2. The van der Waals surface area contributed by atoms with E-state index in [1.54, 1.807) is 5.43 Å². The van der Waals surface area contributed by atoms with E-state index in [1.165, 1.54) is 141 Å². The van der Waals surface area contributed by atoms with E-state index in [-0.39, 0.29) is 18.4 Å². The number of carbonyl (C=O) groups excluding carboxylic acids is 2. The molecule has 0 spiro atoms. The molecule has 0 fully saturated rings. The summed E-state index contributed by atoms with van der Waals surface area (Å²) in [6.07, 6.45) is 35.6. The molecular weight excluding hydrogens is 604 g/mol. The third-order valence-corrected chi connectivity index (χ3v) is 9.16. The van der Waals surface area contributed by atoms with Crippen molar-refractivity contribution in [2.75, 3.05) is 13.1 Å². The van der Waals surface area contributed by atoms with E-state index >= 15 is 0 Å². The normalized spacial score (nSPS) is 11.6. The first-order valence-electron chi connectivity index (χ1n) is 20.2. The lowest BCUT2D eigenvalue weighted by Gasteiger charge is -2.19. The van der Waals surface area contributed by atoms with Crippen molar-refractivity contribution in [1.29, 1.82) is 5.41 Å². The highest BCUT2D eigenvalue weighted by atomic mass is 16.7. The number of unbranched alkanes of at least 4 members (excludes halogenated alkanes) is 25. The average Bonchev–Trinajstić information content (AvgIpc) is 3.06. The molecule has 0 aliphatic heterocycles. The van der Waals surface area contributed by atoms with Crippen LogP contribution in [-0.4, -0.2) is 41.9 Å². The van der Waals surface area contributed by atoms with Gasteiger partial charge in [-0.3, -0.25) is 15.0 Å². The standard InChI is InChI=1S/C38H76N6O4/c1-3-5-7-9-11-13-15-16-17-18-19-20-21-22-24-26-28-32-36(45)42-35(31-30-34-41-38(39)43-44(47)48)37(46)40-33-29-27-25-23-14-12-10-8-6-4-2/h35H,3-34H2,1-2H3,(H,40,46)(H,42,45)(H3,39,41,43). The van der Waals surface area contributed by atoms with Gasteiger partial charge in [-0.2, -0.15) is 0 Å². The number of nitrogens with zero attached hydrogens (tertiary/aromatic N) is 1. The van der Waals surface area contributed by atoms with E-state index in [9.17, 15) is 19.7 Å². The molecule has 1 atom stereocenters. The van der Waals surface area contributed by atoms with E-state index in [4.69, 9.17) is 5.41 Å². The number of nitrogens with one attached hydrogen (secondary N) is 5. The summed E-state index contributed by atoms with van der Waals surface area (Å²) in [6.45, 7) is 5.39. The molecule has 10 nitrogen and oxygen atoms in total. The number of guanidine groups is 1. The van der Waals surface area contributed by atoms with E-state index in [0.717, 1.165) is 32.1 Å². The number of carbonyl (C=O) groups is 2. The van der Waals surface area contributed by atoms with Gasteiger partial charge in [0.15, 0.2) is 5.03 Å². The summed E-state index contributed by atoms with van der Waals surface area (Å²) in [6, 6.07) is -0.647. The minimum atomic E-state index is -0.793. The monoisotopic (exact) mass is 681 g/mol. The van der Waals surface area contributed by atoms with Gasteiger partial charge in [-0.1, -0.05) is 180 Å². The molecule has 0 saturated carbocycles. The topological polar surface area (TPSA) is 149 Å². The van der Waals surface area contributed by atoms with Crippen molar-refractivity contribution in [2.45, 2.75) is 213 Å². The summed E-state index contributed by atoms with van der Waals surface area (Å²) < 4.78 is 0. The predicted octanol–water partition coefficient (Wildman–Crippen LogP) is 9.64. The molecule has 48 heavy (non-hydrogen) atoms. The number of rotatable bonds is 36. The summed E-state index contributed by atoms with van der Waals surface area (Å²) in [5.41, 5.74) is 1.76. The van der Waals surface area contributed by atoms with Gasteiger partial charge in [0.25, 0.3) is 5.96 Å². The minimum absolute atomic E-state index is 0.106. The average molecular weight is 681 g/mol. The molecule has 0 aliphatic carbocycles. The highest BCUT2D eigenvalue weighted by molar-refractivity contribution is 5.87. The van der Waals surface area contributed by atoms with Crippen LogP contribution in [-0.2, 0) is 9.59 Å². The fraction of sp³-hybridized carbons (Fsp3) is 0.921. The summed E-state index contributed by atoms with van der Waals surface area (Å²) in [5.74, 6) is -0.684. The molecule has 0 radical (unpaired) electrons. The van der Waals surface area contributed by atoms with Crippen LogP contribution in [0.1, 0.15) is 206 Å². The highest BCUT2D eigenvalue weighted by Gasteiger charge is 2.20. The summed E-state index contributed by atoms with van der Waals surface area (Å²) >= 11 is 0. The molecule has 1 unspecified atom stereocenters. The van der Waals surface area contributed by atoms with Crippen LogP contribution in [0.3, 0.4) is 0 Å². The van der Waals surface area contributed by atoms with Crippen LogP contribution in [0.2, 0.25) is 0 Å². The molecule has 0 aromatic heterocycles. The predicted molar refractivity (Wildman–Crippen MR) is 201 cm³/mol. The second-order valence-corrected chi connectivity index (χ2v) is 13.8. The Balaban J connectivity index is 4.12. The molecule has 0 heterocycles. The maximum Gasteiger partial charge on any atom is 0.251 e. The van der Waals surface area contributed by atoms with Crippen molar-refractivity contribution in [3.05, 3.63) is 10.1 Å². The Bertz CT molecular complexity index is 782. The van der Waals surface area contributed by atoms with E-state index in [1.807, 2.05) is 0 Å². The Labute approximate surface area is 294 Å². The molecule has 10 heteroatoms. The first kappa shape index (κ1) is 45.6. The van der Waals surface area contributed by atoms with Gasteiger partial charge in [-0.15, -0.1) is 0 Å². The summed E-state index contributed by atoms with van der Waals surface area (Å²) in [4.78, 5) is 36.2. The van der Waals surface area contributed by atoms with Crippen molar-refractivity contribution in [3.8, 4) is 0 Å². The molecular formula is C38H76N6O4. The Morgan fingerprint density at radius 2 is 0.938 bits per heavy atom. The zero-order chi connectivity index (χ0) is 35.3. The summed E-state index contributed by atoms with van der Waals surface area (Å²) in [5, 5.41) is 25.8. The van der Waals surface area contributed by atoms with Crippen LogP contribution in [0.5, 0.6) is 0 Å². The van der Waals surface area contributed by atoms with Gasteiger partial charge in [0.2, 0.25) is 11.8 Å². The van der Waals surface area contributed by atoms with Gasteiger partial charge < -0.3 is 16.0 Å². The van der Waals surface area contributed by atoms with Crippen molar-refractivity contribution < 1.29 is 14.6 Å². The van der Waals surface area contributed by atoms with E-state index in [0.29, 0.717) is 25.8 Å². The number of hydrogen-bond acceptors (Lipinski definition) is 5. The number of nitro groups is 1. The smallest absolute Gasteiger partial charge is 0.251 e. The van der Waals surface area contributed by atoms with Crippen molar-refractivity contribution in [1.82, 2.24) is 21.4 Å². The molecule has 0 rings (SSSR count). The van der Waals surface area contributed by atoms with E-state index in [2.05, 4.69) is 29.8 Å². The Kier molecular flexibility index (Phi) is 34.1. The maximum atomic E-state index is 13.0. The van der Waals surface area contributed by atoms with Crippen LogP contribution in [0.25, 0.3) is 0 Å². The Morgan fingerprint density at radius 1 is 0.562 bits per heavy atom. The van der Waals surface area contributed by atoms with Gasteiger partial charge in [0, 0.05) is 19.5 Å². The van der Waals surface area contributed by atoms with E-state index < -0.39 is 17.0 Å². The van der Waals surface area contributed by atoms with Gasteiger partial charge >= 0.3 is 0 Å². The Hall–Kier alpha value is -2.39. The lowest BCUT2D eigenvalue weighted by Crippen LogP contribution is -2.47.